The highest BCUT2D eigenvalue weighted by Crippen LogP contribution is 2.18. The molecule has 0 spiro atoms. The van der Waals surface area contributed by atoms with Crippen molar-refractivity contribution in [1.29, 1.82) is 0 Å². The van der Waals surface area contributed by atoms with Gasteiger partial charge < -0.3 is 20.0 Å². The van der Waals surface area contributed by atoms with Crippen molar-refractivity contribution >= 4 is 21.9 Å². The molecule has 1 atom stereocenters. The second-order valence-corrected chi connectivity index (χ2v) is 3.25. The number of methoxy groups -OCH3 is 1. The van der Waals surface area contributed by atoms with Crippen molar-refractivity contribution in [3.05, 3.63) is 20.9 Å². The lowest BCUT2D eigenvalue weighted by Crippen LogP contribution is -2.19. The Kier molecular flexibility index (Phi) is 3.55. The normalized spacial score (nSPS) is 12.8. The van der Waals surface area contributed by atoms with E-state index in [0.717, 1.165) is 0 Å². The Hall–Kier alpha value is -0.990. The topological polar surface area (TPSA) is 90.4 Å². The van der Waals surface area contributed by atoms with E-state index in [-0.39, 0.29) is 12.5 Å². The van der Waals surface area contributed by atoms with E-state index in [1.54, 1.807) is 0 Å². The van der Waals surface area contributed by atoms with Gasteiger partial charge in [0.15, 0.2) is 17.1 Å². The molecule has 0 amide bonds. The number of nitrogens with zero attached hydrogens (tertiary/aromatic N) is 3. The third-order valence-electron chi connectivity index (χ3n) is 1.56. The first kappa shape index (κ1) is 11.1. The third-order valence-corrected chi connectivity index (χ3v) is 2.19. The Morgan fingerprint density at radius 2 is 2.57 bits per heavy atom. The number of aliphatic hydroxyl groups excluding tert-OH is 1. The van der Waals surface area contributed by atoms with Crippen LogP contribution in [0.5, 0.6) is 0 Å². The maximum absolute atomic E-state index is 10.5. The molecule has 1 rings (SSSR count). The molecular formula is C6H8BrN3O4. The molecule has 78 valence electrons. The number of rotatable bonds is 4. The molecule has 0 aliphatic carbocycles. The highest BCUT2D eigenvalue weighted by atomic mass is 79.9. The Labute approximate surface area is 87.6 Å². The summed E-state index contributed by atoms with van der Waals surface area (Å²) in [6.45, 7) is -0.0482. The molecule has 7 nitrogen and oxygen atoms in total. The third kappa shape index (κ3) is 2.28. The molecule has 1 unspecified atom stereocenters. The first-order valence-corrected chi connectivity index (χ1v) is 4.42. The molecule has 0 saturated heterocycles. The van der Waals surface area contributed by atoms with E-state index in [1.165, 1.54) is 17.9 Å². The van der Waals surface area contributed by atoms with Crippen LogP contribution in [0.1, 0.15) is 0 Å². The van der Waals surface area contributed by atoms with Gasteiger partial charge in [0.2, 0.25) is 0 Å². The summed E-state index contributed by atoms with van der Waals surface area (Å²) in [5, 5.41) is 19.6. The number of hydrogen-bond donors (Lipinski definition) is 1. The molecule has 1 aromatic heterocycles. The van der Waals surface area contributed by atoms with Gasteiger partial charge in [-0.25, -0.2) is 4.57 Å². The summed E-state index contributed by atoms with van der Waals surface area (Å²) in [6, 6.07) is 0. The molecule has 0 bridgehead atoms. The Morgan fingerprint density at radius 1 is 1.93 bits per heavy atom. The number of hydrogen-bond acceptors (Lipinski definition) is 5. The average molecular weight is 266 g/mol. The Morgan fingerprint density at radius 3 is 3.07 bits per heavy atom. The van der Waals surface area contributed by atoms with Crippen LogP contribution in [0.4, 0.5) is 5.95 Å². The number of nitro groups is 1. The molecule has 0 aliphatic heterocycles. The van der Waals surface area contributed by atoms with Gasteiger partial charge in [0.25, 0.3) is 0 Å². The van der Waals surface area contributed by atoms with Gasteiger partial charge in [-0.3, -0.25) is 0 Å². The maximum Gasteiger partial charge on any atom is 0.435 e. The quantitative estimate of drug-likeness (QED) is 0.487. The van der Waals surface area contributed by atoms with Crippen LogP contribution in [0.15, 0.2) is 10.8 Å². The molecule has 1 N–H and O–H groups in total. The largest absolute Gasteiger partial charge is 0.435 e. The van der Waals surface area contributed by atoms with Gasteiger partial charge in [0.05, 0.1) is 0 Å². The van der Waals surface area contributed by atoms with Gasteiger partial charge in [0, 0.05) is 7.11 Å². The monoisotopic (exact) mass is 265 g/mol. The van der Waals surface area contributed by atoms with E-state index in [0.29, 0.717) is 4.60 Å². The van der Waals surface area contributed by atoms with Crippen molar-refractivity contribution in [1.82, 2.24) is 9.55 Å². The molecule has 0 aliphatic rings. The first-order chi connectivity index (χ1) is 6.56. The Balaban J connectivity index is 2.93. The summed E-state index contributed by atoms with van der Waals surface area (Å²) in [5.41, 5.74) is 0. The van der Waals surface area contributed by atoms with Crippen LogP contribution >= 0.6 is 15.9 Å². The van der Waals surface area contributed by atoms with Gasteiger partial charge in [-0.15, -0.1) is 0 Å². The summed E-state index contributed by atoms with van der Waals surface area (Å²) in [6.07, 6.45) is 0.194. The highest BCUT2D eigenvalue weighted by Gasteiger charge is 2.21. The summed E-state index contributed by atoms with van der Waals surface area (Å²) in [5.74, 6) is -0.340. The average Bonchev–Trinajstić information content (AvgIpc) is 2.48. The molecule has 1 aromatic rings. The fourth-order valence-electron chi connectivity index (χ4n) is 0.891. The first-order valence-electron chi connectivity index (χ1n) is 3.62. The summed E-state index contributed by atoms with van der Waals surface area (Å²) < 4.78 is 6.20. The lowest BCUT2D eigenvalue weighted by molar-refractivity contribution is -0.397. The van der Waals surface area contributed by atoms with Crippen LogP contribution in [0.3, 0.4) is 0 Å². The van der Waals surface area contributed by atoms with Crippen LogP contribution in [-0.2, 0) is 11.3 Å². The summed E-state index contributed by atoms with van der Waals surface area (Å²) >= 11 is 3.07. The van der Waals surface area contributed by atoms with Gasteiger partial charge in [-0.1, -0.05) is 4.98 Å². The number of imidazole rings is 1. The van der Waals surface area contributed by atoms with E-state index in [1.807, 2.05) is 0 Å². The van der Waals surface area contributed by atoms with Crippen molar-refractivity contribution < 1.29 is 14.8 Å². The highest BCUT2D eigenvalue weighted by molar-refractivity contribution is 9.10. The van der Waals surface area contributed by atoms with Gasteiger partial charge in [-0.05, 0) is 20.9 Å². The lowest BCUT2D eigenvalue weighted by Gasteiger charge is -2.07. The minimum Gasteiger partial charge on any atom is -0.390 e. The van der Waals surface area contributed by atoms with E-state index < -0.39 is 11.2 Å². The van der Waals surface area contributed by atoms with E-state index in [2.05, 4.69) is 25.7 Å². The van der Waals surface area contributed by atoms with Crippen molar-refractivity contribution in [2.75, 3.05) is 7.11 Å². The number of aliphatic hydroxyl groups is 1. The van der Waals surface area contributed by atoms with Gasteiger partial charge in [-0.2, -0.15) is 0 Å². The fraction of sp³-hybridized carbons (Fsp3) is 0.500. The van der Waals surface area contributed by atoms with Crippen LogP contribution in [0, 0.1) is 10.1 Å². The van der Waals surface area contributed by atoms with E-state index in [9.17, 15) is 10.1 Å². The number of halogens is 1. The summed E-state index contributed by atoms with van der Waals surface area (Å²) in [7, 11) is 1.31. The molecule has 1 heterocycles. The smallest absolute Gasteiger partial charge is 0.390 e. The molecule has 14 heavy (non-hydrogen) atoms. The lowest BCUT2D eigenvalue weighted by atomic mass is 10.6. The van der Waals surface area contributed by atoms with Crippen LogP contribution < -0.4 is 0 Å². The van der Waals surface area contributed by atoms with Gasteiger partial charge in [0.1, 0.15) is 6.54 Å². The van der Waals surface area contributed by atoms with E-state index >= 15 is 0 Å². The van der Waals surface area contributed by atoms with Gasteiger partial charge >= 0.3 is 5.95 Å². The zero-order chi connectivity index (χ0) is 10.7. The maximum atomic E-state index is 10.5. The molecule has 0 saturated carbocycles. The zero-order valence-corrected chi connectivity index (χ0v) is 8.84. The SMILES string of the molecule is COC(O)Cn1c(Br)cnc1[N+](=O)[O-]. The van der Waals surface area contributed by atoms with Crippen LogP contribution in [0.25, 0.3) is 0 Å². The Bertz CT molecular complexity index is 340. The molecule has 0 aromatic carbocycles. The van der Waals surface area contributed by atoms with Crippen LogP contribution in [0.2, 0.25) is 0 Å². The van der Waals surface area contributed by atoms with Crippen molar-refractivity contribution in [3.8, 4) is 0 Å². The van der Waals surface area contributed by atoms with Crippen LogP contribution in [-0.4, -0.2) is 33.0 Å². The molecule has 8 heteroatoms. The minimum atomic E-state index is -1.10. The standard InChI is InChI=1S/C6H8BrN3O4/c1-14-5(11)3-9-4(7)2-8-6(9)10(12)13/h2,5,11H,3H2,1H3. The van der Waals surface area contributed by atoms with Crippen molar-refractivity contribution in [2.45, 2.75) is 12.8 Å². The van der Waals surface area contributed by atoms with E-state index in [4.69, 9.17) is 5.11 Å². The number of aromatic nitrogens is 2. The molecule has 0 radical (unpaired) electrons. The summed E-state index contributed by atoms with van der Waals surface area (Å²) in [4.78, 5) is 13.4. The predicted octanol–water partition coefficient (Wildman–Crippen LogP) is 0.519. The zero-order valence-electron chi connectivity index (χ0n) is 7.25. The predicted molar refractivity (Wildman–Crippen MR) is 49.6 cm³/mol. The fourth-order valence-corrected chi connectivity index (χ4v) is 1.30. The molecular weight excluding hydrogens is 258 g/mol. The second-order valence-electron chi connectivity index (χ2n) is 2.44. The number of ether oxygens (including phenoxy) is 1. The van der Waals surface area contributed by atoms with Crippen molar-refractivity contribution in [2.24, 2.45) is 0 Å². The minimum absolute atomic E-state index is 0.0482. The second kappa shape index (κ2) is 4.49. The molecule has 0 fully saturated rings. The van der Waals surface area contributed by atoms with Crippen molar-refractivity contribution in [3.63, 3.8) is 0 Å².